The number of benzene rings is 3. The number of carbonyl (C=O) groups is 2. The molecular formula is C24H22N2O2. The predicted octanol–water partition coefficient (Wildman–Crippen LogP) is 3.99. The Morgan fingerprint density at radius 2 is 1.29 bits per heavy atom. The molecule has 2 amide bonds. The van der Waals surface area contributed by atoms with E-state index in [4.69, 9.17) is 0 Å². The molecule has 3 aromatic carbocycles. The van der Waals surface area contributed by atoms with Gasteiger partial charge in [0.05, 0.1) is 5.92 Å². The molecule has 0 saturated heterocycles. The van der Waals surface area contributed by atoms with Crippen LogP contribution in [0, 0.1) is 6.92 Å². The van der Waals surface area contributed by atoms with E-state index < -0.39 is 11.8 Å². The van der Waals surface area contributed by atoms with Crippen LogP contribution in [-0.2, 0) is 9.59 Å². The molecule has 0 unspecified atom stereocenters. The van der Waals surface area contributed by atoms with Gasteiger partial charge in [0.25, 0.3) is 5.91 Å². The normalized spacial score (nSPS) is 10.8. The molecule has 0 atom stereocenters. The molecule has 2 N–H and O–H groups in total. The Hall–Kier alpha value is -3.66. The van der Waals surface area contributed by atoms with Crippen molar-refractivity contribution in [3.63, 3.8) is 0 Å². The molecule has 4 nitrogen and oxygen atoms in total. The maximum Gasteiger partial charge on any atom is 0.262 e. The molecule has 0 aromatic heterocycles. The second-order valence-electron chi connectivity index (χ2n) is 6.48. The SMILES string of the molecule is Cc1ccc(C=CC(=O)NNC(=O)C(c2ccccc2)c2ccccc2)cc1. The maximum atomic E-state index is 12.8. The van der Waals surface area contributed by atoms with Gasteiger partial charge >= 0.3 is 0 Å². The first kappa shape index (κ1) is 19.1. The number of carbonyl (C=O) groups excluding carboxylic acids is 2. The van der Waals surface area contributed by atoms with Crippen LogP contribution in [0.25, 0.3) is 6.08 Å². The lowest BCUT2D eigenvalue weighted by Crippen LogP contribution is -2.43. The Balaban J connectivity index is 1.67. The monoisotopic (exact) mass is 370 g/mol. The summed E-state index contributed by atoms with van der Waals surface area (Å²) in [5, 5.41) is 0. The predicted molar refractivity (Wildman–Crippen MR) is 111 cm³/mol. The summed E-state index contributed by atoms with van der Waals surface area (Å²) < 4.78 is 0. The number of hydrogen-bond donors (Lipinski definition) is 2. The largest absolute Gasteiger partial charge is 0.272 e. The minimum absolute atomic E-state index is 0.297. The Morgan fingerprint density at radius 1 is 0.750 bits per heavy atom. The van der Waals surface area contributed by atoms with Gasteiger partial charge in [0, 0.05) is 6.08 Å². The van der Waals surface area contributed by atoms with Crippen LogP contribution in [0.3, 0.4) is 0 Å². The number of aryl methyl sites for hydroxylation is 1. The van der Waals surface area contributed by atoms with Crippen LogP contribution in [0.1, 0.15) is 28.2 Å². The van der Waals surface area contributed by atoms with E-state index in [0.717, 1.165) is 22.3 Å². The van der Waals surface area contributed by atoms with Gasteiger partial charge in [0.1, 0.15) is 0 Å². The Bertz CT molecular complexity index is 909. The lowest BCUT2D eigenvalue weighted by atomic mass is 9.91. The number of rotatable bonds is 5. The van der Waals surface area contributed by atoms with Crippen molar-refractivity contribution < 1.29 is 9.59 Å². The van der Waals surface area contributed by atoms with Gasteiger partial charge in [-0.3, -0.25) is 20.4 Å². The van der Waals surface area contributed by atoms with Crippen LogP contribution in [0.4, 0.5) is 0 Å². The first-order valence-electron chi connectivity index (χ1n) is 9.08. The molecule has 0 spiro atoms. The third-order valence-corrected chi connectivity index (χ3v) is 4.34. The lowest BCUT2D eigenvalue weighted by Gasteiger charge is -2.17. The molecule has 0 heterocycles. The van der Waals surface area contributed by atoms with Crippen LogP contribution in [0.15, 0.2) is 91.0 Å². The topological polar surface area (TPSA) is 58.2 Å². The fourth-order valence-corrected chi connectivity index (χ4v) is 2.87. The quantitative estimate of drug-likeness (QED) is 0.527. The van der Waals surface area contributed by atoms with Crippen LogP contribution >= 0.6 is 0 Å². The zero-order valence-electron chi connectivity index (χ0n) is 15.6. The molecule has 28 heavy (non-hydrogen) atoms. The minimum atomic E-state index is -0.510. The molecule has 3 rings (SSSR count). The van der Waals surface area contributed by atoms with Crippen molar-refractivity contribution in [1.82, 2.24) is 10.9 Å². The molecule has 3 aromatic rings. The number of hydrazine groups is 1. The number of hydrogen-bond acceptors (Lipinski definition) is 2. The molecule has 0 saturated carbocycles. The molecule has 0 fully saturated rings. The number of nitrogens with one attached hydrogen (secondary N) is 2. The smallest absolute Gasteiger partial charge is 0.262 e. The molecule has 0 aliphatic heterocycles. The summed E-state index contributed by atoms with van der Waals surface area (Å²) in [4.78, 5) is 24.9. The van der Waals surface area contributed by atoms with Crippen molar-refractivity contribution in [2.45, 2.75) is 12.8 Å². The highest BCUT2D eigenvalue weighted by atomic mass is 16.2. The molecular weight excluding hydrogens is 348 g/mol. The number of amides is 2. The van der Waals surface area contributed by atoms with E-state index in [-0.39, 0.29) is 5.91 Å². The summed E-state index contributed by atoms with van der Waals surface area (Å²) in [6, 6.07) is 26.8. The van der Waals surface area contributed by atoms with Crippen molar-refractivity contribution >= 4 is 17.9 Å². The third kappa shape index (κ3) is 5.17. The average molecular weight is 370 g/mol. The van der Waals surface area contributed by atoms with Crippen LogP contribution in [-0.4, -0.2) is 11.8 Å². The Kier molecular flexibility index (Phi) is 6.37. The zero-order chi connectivity index (χ0) is 19.8. The van der Waals surface area contributed by atoms with E-state index in [1.54, 1.807) is 6.08 Å². The van der Waals surface area contributed by atoms with Gasteiger partial charge < -0.3 is 0 Å². The average Bonchev–Trinajstić information content (AvgIpc) is 2.73. The standard InChI is InChI=1S/C24H22N2O2/c1-18-12-14-19(15-13-18)16-17-22(27)25-26-24(28)23(20-8-4-2-5-9-20)21-10-6-3-7-11-21/h2-17,23H,1H3,(H,25,27)(H,26,28). The van der Waals surface area contributed by atoms with E-state index in [2.05, 4.69) is 10.9 Å². The summed E-state index contributed by atoms with van der Waals surface area (Å²) in [5.41, 5.74) is 8.78. The minimum Gasteiger partial charge on any atom is -0.272 e. The Morgan fingerprint density at radius 3 is 1.82 bits per heavy atom. The van der Waals surface area contributed by atoms with Gasteiger partial charge in [-0.05, 0) is 29.7 Å². The lowest BCUT2D eigenvalue weighted by molar-refractivity contribution is -0.127. The fraction of sp³-hybridized carbons (Fsp3) is 0.0833. The van der Waals surface area contributed by atoms with Gasteiger partial charge in [0.2, 0.25) is 5.91 Å². The molecule has 0 aliphatic rings. The van der Waals surface area contributed by atoms with E-state index in [1.165, 1.54) is 6.08 Å². The second-order valence-corrected chi connectivity index (χ2v) is 6.48. The summed E-state index contributed by atoms with van der Waals surface area (Å²) in [7, 11) is 0. The molecule has 140 valence electrons. The summed E-state index contributed by atoms with van der Waals surface area (Å²) in [6.07, 6.45) is 3.10. The summed E-state index contributed by atoms with van der Waals surface area (Å²) in [5.74, 6) is -1.20. The van der Waals surface area contributed by atoms with Gasteiger partial charge in [0.15, 0.2) is 0 Å². The highest BCUT2D eigenvalue weighted by molar-refractivity contribution is 5.94. The molecule has 0 aliphatic carbocycles. The molecule has 0 bridgehead atoms. The van der Waals surface area contributed by atoms with Gasteiger partial charge in [-0.1, -0.05) is 90.5 Å². The maximum absolute atomic E-state index is 12.8. The van der Waals surface area contributed by atoms with Crippen molar-refractivity contribution in [3.8, 4) is 0 Å². The zero-order valence-corrected chi connectivity index (χ0v) is 15.6. The van der Waals surface area contributed by atoms with E-state index in [9.17, 15) is 9.59 Å². The molecule has 0 radical (unpaired) electrons. The van der Waals surface area contributed by atoms with Gasteiger partial charge in [-0.25, -0.2) is 0 Å². The van der Waals surface area contributed by atoms with Crippen molar-refractivity contribution in [1.29, 1.82) is 0 Å². The van der Waals surface area contributed by atoms with E-state index in [1.807, 2.05) is 91.9 Å². The van der Waals surface area contributed by atoms with Gasteiger partial charge in [-0.15, -0.1) is 0 Å². The second kappa shape index (κ2) is 9.33. The van der Waals surface area contributed by atoms with E-state index >= 15 is 0 Å². The van der Waals surface area contributed by atoms with Gasteiger partial charge in [-0.2, -0.15) is 0 Å². The summed E-state index contributed by atoms with van der Waals surface area (Å²) >= 11 is 0. The van der Waals surface area contributed by atoms with Crippen molar-refractivity contribution in [2.75, 3.05) is 0 Å². The van der Waals surface area contributed by atoms with Crippen molar-refractivity contribution in [3.05, 3.63) is 113 Å². The first-order valence-corrected chi connectivity index (χ1v) is 9.08. The Labute approximate surface area is 164 Å². The van der Waals surface area contributed by atoms with Crippen LogP contribution < -0.4 is 10.9 Å². The highest BCUT2D eigenvalue weighted by Gasteiger charge is 2.22. The third-order valence-electron chi connectivity index (χ3n) is 4.34. The van der Waals surface area contributed by atoms with Crippen LogP contribution in [0.5, 0.6) is 0 Å². The van der Waals surface area contributed by atoms with E-state index in [0.29, 0.717) is 0 Å². The van der Waals surface area contributed by atoms with Crippen LogP contribution in [0.2, 0.25) is 0 Å². The van der Waals surface area contributed by atoms with Crippen molar-refractivity contribution in [2.24, 2.45) is 0 Å². The highest BCUT2D eigenvalue weighted by Crippen LogP contribution is 2.24. The molecule has 4 heteroatoms. The first-order chi connectivity index (χ1) is 13.6. The summed E-state index contributed by atoms with van der Waals surface area (Å²) in [6.45, 7) is 2.01. The fourth-order valence-electron chi connectivity index (χ4n) is 2.87.